The van der Waals surface area contributed by atoms with Crippen molar-refractivity contribution in [2.45, 2.75) is 338 Å². The van der Waals surface area contributed by atoms with Gasteiger partial charge < -0.3 is 65.1 Å². The predicted molar refractivity (Wildman–Crippen MR) is 346 cm³/mol. The van der Waals surface area contributed by atoms with Crippen LogP contribution in [0.25, 0.3) is 0 Å². The summed E-state index contributed by atoms with van der Waals surface area (Å²) in [6.07, 6.45) is 58.6. The van der Waals surface area contributed by atoms with Crippen LogP contribution in [0.3, 0.4) is 0 Å². The monoisotopic (exact) mass is 1200 g/mol. The smallest absolute Gasteiger partial charge is 0.220 e. The molecule has 0 aromatic rings. The Hall–Kier alpha value is -2.83. The summed E-state index contributed by atoms with van der Waals surface area (Å²) < 4.78 is 22.9. The first-order valence-corrected chi connectivity index (χ1v) is 34.3. The molecule has 2 aliphatic heterocycles. The van der Waals surface area contributed by atoms with E-state index >= 15 is 0 Å². The lowest BCUT2D eigenvalue weighted by Gasteiger charge is -2.46. The lowest BCUT2D eigenvalue weighted by Crippen LogP contribution is -2.65. The molecule has 12 unspecified atom stereocenters. The quantitative estimate of drug-likeness (QED) is 0.0204. The highest BCUT2D eigenvalue weighted by molar-refractivity contribution is 5.76. The van der Waals surface area contributed by atoms with Crippen LogP contribution in [0.1, 0.15) is 264 Å². The second kappa shape index (κ2) is 55.3. The third-order valence-electron chi connectivity index (χ3n) is 16.4. The Balaban J connectivity index is 1.68. The highest BCUT2D eigenvalue weighted by atomic mass is 16.7. The van der Waals surface area contributed by atoms with E-state index in [1.807, 2.05) is 0 Å². The molecule has 2 rings (SSSR count). The molecule has 12 atom stereocenters. The van der Waals surface area contributed by atoms with Gasteiger partial charge in [-0.1, -0.05) is 272 Å². The molecule has 0 aromatic carbocycles. The van der Waals surface area contributed by atoms with E-state index in [0.29, 0.717) is 19.3 Å². The van der Waals surface area contributed by atoms with Crippen LogP contribution in [0, 0.1) is 0 Å². The number of nitrogens with one attached hydrogen (secondary N) is 1. The number of carbonyl (C=O) groups excluding carboxylic acids is 1. The molecule has 2 fully saturated rings. The molecule has 1 amide bonds. The van der Waals surface area contributed by atoms with Crippen molar-refractivity contribution in [3.05, 3.63) is 85.1 Å². The zero-order valence-corrected chi connectivity index (χ0v) is 53.3. The molecule has 2 saturated heterocycles. The number of carbonyl (C=O) groups is 1. The first kappa shape index (κ1) is 78.3. The van der Waals surface area contributed by atoms with Crippen LogP contribution in [-0.4, -0.2) is 140 Å². The molecule has 0 spiro atoms. The molecule has 2 heterocycles. The Morgan fingerprint density at radius 2 is 0.812 bits per heavy atom. The highest BCUT2D eigenvalue weighted by Crippen LogP contribution is 2.30. The largest absolute Gasteiger partial charge is 0.394 e. The van der Waals surface area contributed by atoms with Crippen molar-refractivity contribution in [3.63, 3.8) is 0 Å². The molecule has 0 aliphatic carbocycles. The van der Waals surface area contributed by atoms with Crippen LogP contribution in [-0.2, 0) is 23.7 Å². The van der Waals surface area contributed by atoms with Gasteiger partial charge in [-0.15, -0.1) is 0 Å². The summed E-state index contributed by atoms with van der Waals surface area (Å²) in [6.45, 7) is 2.76. The van der Waals surface area contributed by atoms with E-state index in [1.165, 1.54) is 135 Å². The van der Waals surface area contributed by atoms with Gasteiger partial charge in [-0.05, 0) is 70.6 Å². The number of hydrogen-bond acceptors (Lipinski definition) is 13. The minimum Gasteiger partial charge on any atom is -0.394 e. The van der Waals surface area contributed by atoms with Crippen molar-refractivity contribution in [1.29, 1.82) is 0 Å². The Kier molecular flexibility index (Phi) is 50.9. The van der Waals surface area contributed by atoms with E-state index in [-0.39, 0.29) is 12.5 Å². The number of rotatable bonds is 55. The van der Waals surface area contributed by atoms with Gasteiger partial charge in [0.1, 0.15) is 48.8 Å². The molecule has 14 heteroatoms. The Morgan fingerprint density at radius 1 is 0.435 bits per heavy atom. The lowest BCUT2D eigenvalue weighted by atomic mass is 9.97. The van der Waals surface area contributed by atoms with Crippen LogP contribution >= 0.6 is 0 Å². The first-order chi connectivity index (χ1) is 41.6. The van der Waals surface area contributed by atoms with E-state index in [1.54, 1.807) is 0 Å². The second-order valence-electron chi connectivity index (χ2n) is 23.9. The fraction of sp³-hybridized carbons (Fsp3) is 0.789. The molecule has 0 saturated carbocycles. The molecule has 0 aromatic heterocycles. The molecule has 0 bridgehead atoms. The maximum absolute atomic E-state index is 13.3. The van der Waals surface area contributed by atoms with Gasteiger partial charge in [0, 0.05) is 6.42 Å². The molecule has 0 radical (unpaired) electrons. The summed E-state index contributed by atoms with van der Waals surface area (Å²) >= 11 is 0. The number of ether oxygens (including phenoxy) is 4. The summed E-state index contributed by atoms with van der Waals surface area (Å²) in [6, 6.07) is -0.838. The maximum Gasteiger partial charge on any atom is 0.220 e. The van der Waals surface area contributed by atoms with Crippen LogP contribution in [0.4, 0.5) is 0 Å². The van der Waals surface area contributed by atoms with Crippen molar-refractivity contribution in [3.8, 4) is 0 Å². The summed E-state index contributed by atoms with van der Waals surface area (Å²) in [5, 5.41) is 87.6. The summed E-state index contributed by atoms with van der Waals surface area (Å²) in [7, 11) is 0. The maximum atomic E-state index is 13.3. The van der Waals surface area contributed by atoms with Crippen molar-refractivity contribution in [1.82, 2.24) is 5.32 Å². The number of amides is 1. The van der Waals surface area contributed by atoms with Gasteiger partial charge in [0.05, 0.1) is 32.0 Å². The standard InChI is InChI=1S/C71H125NO13/c1-3-5-7-9-11-13-15-17-19-21-23-25-26-27-28-29-30-31-32-33-34-35-37-39-41-43-45-47-49-51-53-55-63(76)72-59(60(75)54-52-50-48-46-44-42-40-38-36-24-22-20-18-16-14-12-10-8-6-4-2)58-82-70-68(81)66(79)69(62(57-74)84-70)85-71-67(80)65(78)64(77)61(56-73)83-71/h5,7,11,13,17,19,23,25,27-28,30-31,33-34,59-62,64-71,73-75,77-81H,3-4,6,8-10,12,14-16,18,20-22,24,26,29,32,35-58H2,1-2H3,(H,72,76)/b7-5-,13-11-,19-17-,25-23-,28-27-,31-30-,34-33-. The van der Waals surface area contributed by atoms with Gasteiger partial charge in [0.15, 0.2) is 12.6 Å². The second-order valence-corrected chi connectivity index (χ2v) is 23.9. The Morgan fingerprint density at radius 3 is 1.25 bits per heavy atom. The third-order valence-corrected chi connectivity index (χ3v) is 16.4. The van der Waals surface area contributed by atoms with Gasteiger partial charge in [-0.2, -0.15) is 0 Å². The van der Waals surface area contributed by atoms with Gasteiger partial charge >= 0.3 is 0 Å². The number of hydrogen-bond donors (Lipinski definition) is 9. The summed E-state index contributed by atoms with van der Waals surface area (Å²) in [5.41, 5.74) is 0. The highest BCUT2D eigenvalue weighted by Gasteiger charge is 2.51. The summed E-state index contributed by atoms with van der Waals surface area (Å²) in [5.74, 6) is -0.214. The topological polar surface area (TPSA) is 228 Å². The Bertz CT molecular complexity index is 1750. The fourth-order valence-electron chi connectivity index (χ4n) is 10.9. The van der Waals surface area contributed by atoms with E-state index in [4.69, 9.17) is 18.9 Å². The molecular weight excluding hydrogens is 1070 g/mol. The average Bonchev–Trinajstić information content (AvgIpc) is 3.68. The third kappa shape index (κ3) is 39.7. The van der Waals surface area contributed by atoms with Crippen LogP contribution < -0.4 is 5.32 Å². The van der Waals surface area contributed by atoms with Crippen LogP contribution in [0.5, 0.6) is 0 Å². The van der Waals surface area contributed by atoms with E-state index in [9.17, 15) is 45.6 Å². The normalized spacial score (nSPS) is 24.1. The molecular formula is C71H125NO13. The first-order valence-electron chi connectivity index (χ1n) is 34.3. The van der Waals surface area contributed by atoms with E-state index in [2.05, 4.69) is 104 Å². The van der Waals surface area contributed by atoms with Gasteiger partial charge in [-0.25, -0.2) is 0 Å². The van der Waals surface area contributed by atoms with Gasteiger partial charge in [-0.3, -0.25) is 4.79 Å². The number of aliphatic hydroxyl groups excluding tert-OH is 8. The zero-order valence-electron chi connectivity index (χ0n) is 53.3. The predicted octanol–water partition coefficient (Wildman–Crippen LogP) is 13.6. The van der Waals surface area contributed by atoms with Crippen LogP contribution in [0.15, 0.2) is 85.1 Å². The van der Waals surface area contributed by atoms with Crippen LogP contribution in [0.2, 0.25) is 0 Å². The van der Waals surface area contributed by atoms with Gasteiger partial charge in [0.2, 0.25) is 5.91 Å². The van der Waals surface area contributed by atoms with Crippen molar-refractivity contribution < 1.29 is 64.6 Å². The minimum absolute atomic E-state index is 0.214. The summed E-state index contributed by atoms with van der Waals surface area (Å²) in [4.78, 5) is 13.3. The molecule has 2 aliphatic rings. The lowest BCUT2D eigenvalue weighted by molar-refractivity contribution is -0.359. The molecule has 14 nitrogen and oxygen atoms in total. The number of allylic oxidation sites excluding steroid dienone is 14. The average molecular weight is 1200 g/mol. The fourth-order valence-corrected chi connectivity index (χ4v) is 10.9. The minimum atomic E-state index is -1.79. The SMILES string of the molecule is CC/C=C\C/C=C\C/C=C\C/C=C\C/C=C\C/C=C\C/C=C\CCCCCCCCCCCC(=O)NC(COC1OC(CO)C(OC2OC(CO)C(O)C(O)C2O)C(O)C1O)C(O)CCCCCCCCCCCCCCCCCCCCCC. The Labute approximate surface area is 516 Å². The van der Waals surface area contributed by atoms with Crippen molar-refractivity contribution >= 4 is 5.91 Å². The molecule has 85 heavy (non-hydrogen) atoms. The zero-order chi connectivity index (χ0) is 61.6. The van der Waals surface area contributed by atoms with Crippen molar-refractivity contribution in [2.24, 2.45) is 0 Å². The number of unbranched alkanes of at least 4 members (excludes halogenated alkanes) is 28. The number of aliphatic hydroxyl groups is 8. The molecule has 9 N–H and O–H groups in total. The molecule has 492 valence electrons. The van der Waals surface area contributed by atoms with E-state index < -0.39 is 86.8 Å². The van der Waals surface area contributed by atoms with Crippen molar-refractivity contribution in [2.75, 3.05) is 19.8 Å². The van der Waals surface area contributed by atoms with Gasteiger partial charge in [0.25, 0.3) is 0 Å². The van der Waals surface area contributed by atoms with E-state index in [0.717, 1.165) is 96.3 Å².